The van der Waals surface area contributed by atoms with E-state index in [-0.39, 0.29) is 0 Å². The molecule has 102 valence electrons. The van der Waals surface area contributed by atoms with E-state index in [0.29, 0.717) is 22.9 Å². The Balaban J connectivity index is 2.48. The monoisotopic (exact) mass is 270 g/mol. The van der Waals surface area contributed by atoms with Gasteiger partial charge in [0.25, 0.3) is 0 Å². The zero-order valence-electron chi connectivity index (χ0n) is 11.7. The molecule has 0 amide bonds. The average molecular weight is 270 g/mol. The molecule has 0 atom stereocenters. The minimum atomic E-state index is 0.574. The topological polar surface area (TPSA) is 32.0 Å². The fourth-order valence-corrected chi connectivity index (χ4v) is 1.73. The van der Waals surface area contributed by atoms with Crippen LogP contribution in [-0.4, -0.2) is 21.3 Å². The number of nitrogens with zero attached hydrogens (tertiary/aromatic N) is 1. The average Bonchev–Trinajstić information content (AvgIpc) is 2.52. The van der Waals surface area contributed by atoms with Crippen molar-refractivity contribution in [2.75, 3.05) is 21.3 Å². The SMILES string of the molecule is COc1cc(OC)c([N+]#Cc2ccccc2)c(OC)c1. The first-order chi connectivity index (χ1) is 9.78. The summed E-state index contributed by atoms with van der Waals surface area (Å²) in [7, 11) is 4.75. The number of benzene rings is 2. The lowest BCUT2D eigenvalue weighted by molar-refractivity contribution is 0.379. The summed E-state index contributed by atoms with van der Waals surface area (Å²) in [6.07, 6.45) is 0. The molecule has 0 N–H and O–H groups in total. The van der Waals surface area contributed by atoms with Gasteiger partial charge in [-0.05, 0) is 17.0 Å². The van der Waals surface area contributed by atoms with Gasteiger partial charge in [0, 0.05) is 12.1 Å². The minimum absolute atomic E-state index is 0.574. The molecule has 0 radical (unpaired) electrons. The Bertz CT molecular complexity index is 617. The van der Waals surface area contributed by atoms with Crippen molar-refractivity contribution in [3.63, 3.8) is 0 Å². The summed E-state index contributed by atoms with van der Waals surface area (Å²) in [4.78, 5) is 4.34. The summed E-state index contributed by atoms with van der Waals surface area (Å²) in [6.45, 7) is 0. The van der Waals surface area contributed by atoms with Crippen LogP contribution < -0.4 is 14.2 Å². The molecule has 4 heteroatoms. The lowest BCUT2D eigenvalue weighted by Gasteiger charge is -2.05. The molecule has 0 unspecified atom stereocenters. The highest BCUT2D eigenvalue weighted by atomic mass is 16.5. The molecule has 0 aliphatic heterocycles. The van der Waals surface area contributed by atoms with Gasteiger partial charge < -0.3 is 14.2 Å². The standard InChI is InChI=1S/C16H16NO3/c1-18-13-9-14(19-2)16(15(10-13)20-3)17-11-12-7-5-4-6-8-12/h4-10H,1-3H3/q+1. The number of ether oxygens (including phenoxy) is 3. The first-order valence-electron chi connectivity index (χ1n) is 6.10. The largest absolute Gasteiger partial charge is 0.496 e. The smallest absolute Gasteiger partial charge is 0.423 e. The Labute approximate surface area is 118 Å². The lowest BCUT2D eigenvalue weighted by atomic mass is 10.2. The highest BCUT2D eigenvalue weighted by Gasteiger charge is 2.22. The maximum absolute atomic E-state index is 5.32. The second-order valence-corrected chi connectivity index (χ2v) is 3.97. The Morgan fingerprint density at radius 1 is 0.850 bits per heavy atom. The van der Waals surface area contributed by atoms with Crippen LogP contribution in [-0.2, 0) is 0 Å². The van der Waals surface area contributed by atoms with Gasteiger partial charge in [0.15, 0.2) is 0 Å². The van der Waals surface area contributed by atoms with Crippen LogP contribution in [0.3, 0.4) is 0 Å². The molecule has 4 nitrogen and oxygen atoms in total. The molecule has 0 heterocycles. The quantitative estimate of drug-likeness (QED) is 0.851. The van der Waals surface area contributed by atoms with Crippen molar-refractivity contribution < 1.29 is 14.2 Å². The molecule has 0 aliphatic carbocycles. The van der Waals surface area contributed by atoms with Gasteiger partial charge in [-0.15, -0.1) is 0 Å². The zero-order chi connectivity index (χ0) is 14.4. The van der Waals surface area contributed by atoms with E-state index in [0.717, 1.165) is 5.56 Å². The fraction of sp³-hybridized carbons (Fsp3) is 0.188. The minimum Gasteiger partial charge on any atom is -0.496 e. The van der Waals surface area contributed by atoms with E-state index in [1.165, 1.54) is 0 Å². The summed E-state index contributed by atoms with van der Waals surface area (Å²) in [5.41, 5.74) is 1.46. The van der Waals surface area contributed by atoms with E-state index in [4.69, 9.17) is 14.2 Å². The Morgan fingerprint density at radius 2 is 1.45 bits per heavy atom. The number of rotatable bonds is 3. The van der Waals surface area contributed by atoms with E-state index in [9.17, 15) is 0 Å². The molecule has 2 aromatic rings. The second-order valence-electron chi connectivity index (χ2n) is 3.97. The molecule has 2 rings (SSSR count). The molecule has 0 saturated carbocycles. The molecule has 0 aromatic heterocycles. The van der Waals surface area contributed by atoms with Crippen LogP contribution in [0, 0.1) is 6.07 Å². The van der Waals surface area contributed by atoms with Crippen molar-refractivity contribution in [2.45, 2.75) is 0 Å². The molecule has 0 spiro atoms. The van der Waals surface area contributed by atoms with Gasteiger partial charge in [-0.2, -0.15) is 0 Å². The third kappa shape index (κ3) is 3.01. The van der Waals surface area contributed by atoms with Gasteiger partial charge in [0.05, 0.1) is 21.3 Å². The molecule has 20 heavy (non-hydrogen) atoms. The van der Waals surface area contributed by atoms with Crippen LogP contribution in [0.5, 0.6) is 17.2 Å². The van der Waals surface area contributed by atoms with E-state index in [1.54, 1.807) is 33.5 Å². The predicted molar refractivity (Wildman–Crippen MR) is 78.5 cm³/mol. The van der Waals surface area contributed by atoms with Crippen molar-refractivity contribution in [3.05, 3.63) is 52.9 Å². The van der Waals surface area contributed by atoms with Crippen LogP contribution in [0.2, 0.25) is 0 Å². The summed E-state index contributed by atoms with van der Waals surface area (Å²) >= 11 is 0. The van der Waals surface area contributed by atoms with Crippen LogP contribution in [0.25, 0.3) is 4.85 Å². The van der Waals surface area contributed by atoms with Gasteiger partial charge in [-0.1, -0.05) is 18.2 Å². The van der Waals surface area contributed by atoms with Gasteiger partial charge in [0.1, 0.15) is 11.3 Å². The third-order valence-corrected chi connectivity index (χ3v) is 2.76. The Hall–Kier alpha value is -2.67. The Morgan fingerprint density at radius 3 is 1.95 bits per heavy atom. The molecule has 2 aromatic carbocycles. The van der Waals surface area contributed by atoms with Crippen LogP contribution in [0.1, 0.15) is 5.56 Å². The van der Waals surface area contributed by atoms with Gasteiger partial charge in [-0.25, -0.2) is 0 Å². The number of hydrogen-bond donors (Lipinski definition) is 0. The van der Waals surface area contributed by atoms with E-state index in [1.807, 2.05) is 30.3 Å². The van der Waals surface area contributed by atoms with Crippen molar-refractivity contribution in [3.8, 4) is 23.3 Å². The second kappa shape index (κ2) is 6.48. The highest BCUT2D eigenvalue weighted by molar-refractivity contribution is 5.70. The number of hydrogen-bond acceptors (Lipinski definition) is 3. The number of methoxy groups -OCH3 is 3. The van der Waals surface area contributed by atoms with Crippen molar-refractivity contribution >= 4 is 5.69 Å². The molecular formula is C16H16NO3+. The molecule has 0 saturated heterocycles. The van der Waals surface area contributed by atoms with Crippen LogP contribution in [0.15, 0.2) is 42.5 Å². The third-order valence-electron chi connectivity index (χ3n) is 2.76. The van der Waals surface area contributed by atoms with E-state index in [2.05, 4.69) is 10.9 Å². The molecule has 0 fully saturated rings. The summed E-state index contributed by atoms with van der Waals surface area (Å²) in [5.74, 6) is 1.80. The van der Waals surface area contributed by atoms with Gasteiger partial charge in [-0.3, -0.25) is 0 Å². The van der Waals surface area contributed by atoms with Crippen molar-refractivity contribution in [2.24, 2.45) is 0 Å². The Kier molecular flexibility index (Phi) is 4.46. The maximum atomic E-state index is 5.32. The highest BCUT2D eigenvalue weighted by Crippen LogP contribution is 2.41. The maximum Gasteiger partial charge on any atom is 0.423 e. The van der Waals surface area contributed by atoms with Gasteiger partial charge >= 0.3 is 11.8 Å². The molecule has 0 bridgehead atoms. The normalized spacial score (nSPS) is 9.35. The first-order valence-corrected chi connectivity index (χ1v) is 6.10. The van der Waals surface area contributed by atoms with Crippen molar-refractivity contribution in [1.29, 1.82) is 0 Å². The van der Waals surface area contributed by atoms with Crippen LogP contribution >= 0.6 is 0 Å². The summed E-state index contributed by atoms with van der Waals surface area (Å²) in [5, 5.41) is 0. The molecular weight excluding hydrogens is 254 g/mol. The van der Waals surface area contributed by atoms with Gasteiger partial charge in [0.2, 0.25) is 11.5 Å². The molecule has 0 aliphatic rings. The predicted octanol–water partition coefficient (Wildman–Crippen LogP) is 3.73. The lowest BCUT2D eigenvalue weighted by Crippen LogP contribution is -1.91. The van der Waals surface area contributed by atoms with E-state index < -0.39 is 0 Å². The van der Waals surface area contributed by atoms with Crippen molar-refractivity contribution in [1.82, 2.24) is 0 Å². The zero-order valence-corrected chi connectivity index (χ0v) is 11.7. The first kappa shape index (κ1) is 13.8. The summed E-state index contributed by atoms with van der Waals surface area (Å²) in [6, 6.07) is 16.1. The van der Waals surface area contributed by atoms with Crippen LogP contribution in [0.4, 0.5) is 5.69 Å². The summed E-state index contributed by atoms with van der Waals surface area (Å²) < 4.78 is 15.8. The van der Waals surface area contributed by atoms with E-state index >= 15 is 0 Å². The fourth-order valence-electron chi connectivity index (χ4n) is 1.73.